The third-order valence-electron chi connectivity index (χ3n) is 4.45. The number of carbonyl (C=O) groups is 1. The number of pyridine rings is 1. The lowest BCUT2D eigenvalue weighted by Crippen LogP contribution is -2.33. The Hall–Kier alpha value is -2.16. The molecule has 1 fully saturated rings. The van der Waals surface area contributed by atoms with E-state index in [1.807, 2.05) is 42.6 Å². The second-order valence-electron chi connectivity index (χ2n) is 5.94. The lowest BCUT2D eigenvalue weighted by molar-refractivity contribution is -0.124. The first-order chi connectivity index (χ1) is 10.8. The first-order valence-corrected chi connectivity index (χ1v) is 8.08. The summed E-state index contributed by atoms with van der Waals surface area (Å²) in [6, 6.07) is 16.2. The number of carbonyl (C=O) groups excluding carboxylic acids is 1. The van der Waals surface area contributed by atoms with Crippen LogP contribution in [-0.4, -0.2) is 17.4 Å². The predicted octanol–water partition coefficient (Wildman–Crippen LogP) is 3.52. The van der Waals surface area contributed by atoms with E-state index in [1.54, 1.807) is 0 Å². The highest BCUT2D eigenvalue weighted by Gasteiger charge is 2.24. The molecule has 1 aromatic carbocycles. The fourth-order valence-electron chi connectivity index (χ4n) is 3.20. The molecular weight excluding hydrogens is 272 g/mol. The van der Waals surface area contributed by atoms with Crippen molar-refractivity contribution in [2.45, 2.75) is 31.6 Å². The summed E-state index contributed by atoms with van der Waals surface area (Å²) in [5.74, 6) is 0.516. The van der Waals surface area contributed by atoms with Crippen molar-refractivity contribution in [3.05, 3.63) is 66.0 Å². The first kappa shape index (κ1) is 14.8. The summed E-state index contributed by atoms with van der Waals surface area (Å²) in [5, 5.41) is 3.14. The SMILES string of the molecule is O=C(NCC(c1ccccc1)c1ccccn1)C1CCCC1. The zero-order chi connectivity index (χ0) is 15.2. The summed E-state index contributed by atoms with van der Waals surface area (Å²) in [5.41, 5.74) is 2.19. The van der Waals surface area contributed by atoms with Gasteiger partial charge in [0.05, 0.1) is 0 Å². The van der Waals surface area contributed by atoms with Crippen molar-refractivity contribution < 1.29 is 4.79 Å². The molecule has 1 aromatic heterocycles. The van der Waals surface area contributed by atoms with Gasteiger partial charge >= 0.3 is 0 Å². The average Bonchev–Trinajstić information content (AvgIpc) is 3.11. The van der Waals surface area contributed by atoms with Crippen LogP contribution in [0.5, 0.6) is 0 Å². The molecule has 3 heteroatoms. The number of rotatable bonds is 5. The Morgan fingerprint density at radius 3 is 2.50 bits per heavy atom. The second kappa shape index (κ2) is 7.21. The molecule has 1 heterocycles. The summed E-state index contributed by atoms with van der Waals surface area (Å²) in [7, 11) is 0. The summed E-state index contributed by atoms with van der Waals surface area (Å²) in [6.45, 7) is 0.608. The topological polar surface area (TPSA) is 42.0 Å². The maximum Gasteiger partial charge on any atom is 0.223 e. The van der Waals surface area contributed by atoms with E-state index in [0.29, 0.717) is 6.54 Å². The predicted molar refractivity (Wildman–Crippen MR) is 87.5 cm³/mol. The Balaban J connectivity index is 1.73. The zero-order valence-corrected chi connectivity index (χ0v) is 12.7. The van der Waals surface area contributed by atoms with Gasteiger partial charge in [-0.2, -0.15) is 0 Å². The van der Waals surface area contributed by atoms with Crippen LogP contribution in [0, 0.1) is 5.92 Å². The highest BCUT2D eigenvalue weighted by atomic mass is 16.1. The highest BCUT2D eigenvalue weighted by molar-refractivity contribution is 5.79. The number of hydrogen-bond acceptors (Lipinski definition) is 2. The van der Waals surface area contributed by atoms with E-state index in [-0.39, 0.29) is 17.7 Å². The summed E-state index contributed by atoms with van der Waals surface area (Å²) in [4.78, 5) is 16.8. The van der Waals surface area contributed by atoms with Crippen molar-refractivity contribution in [3.8, 4) is 0 Å². The minimum absolute atomic E-state index is 0.104. The molecule has 1 aliphatic rings. The van der Waals surface area contributed by atoms with Gasteiger partial charge in [0, 0.05) is 30.3 Å². The molecule has 1 unspecified atom stereocenters. The molecule has 1 N–H and O–H groups in total. The molecule has 3 rings (SSSR count). The van der Waals surface area contributed by atoms with Gasteiger partial charge in [-0.3, -0.25) is 9.78 Å². The molecular formula is C19H22N2O. The quantitative estimate of drug-likeness (QED) is 0.916. The lowest BCUT2D eigenvalue weighted by atomic mass is 9.94. The standard InChI is InChI=1S/C19H22N2O/c22-19(16-10-4-5-11-16)21-14-17(15-8-2-1-3-9-15)18-12-6-7-13-20-18/h1-3,6-9,12-13,16-17H,4-5,10-11,14H2,(H,21,22). The second-order valence-corrected chi connectivity index (χ2v) is 5.94. The van der Waals surface area contributed by atoms with E-state index in [0.717, 1.165) is 18.5 Å². The van der Waals surface area contributed by atoms with Crippen molar-refractivity contribution in [2.75, 3.05) is 6.54 Å². The number of benzene rings is 1. The van der Waals surface area contributed by atoms with E-state index in [2.05, 4.69) is 22.4 Å². The first-order valence-electron chi connectivity index (χ1n) is 8.08. The molecule has 0 saturated heterocycles. The van der Waals surface area contributed by atoms with Crippen LogP contribution in [-0.2, 0) is 4.79 Å². The fourth-order valence-corrected chi connectivity index (χ4v) is 3.20. The van der Waals surface area contributed by atoms with Gasteiger partial charge in [0.15, 0.2) is 0 Å². The molecule has 1 aliphatic carbocycles. The van der Waals surface area contributed by atoms with E-state index in [4.69, 9.17) is 0 Å². The van der Waals surface area contributed by atoms with Crippen molar-refractivity contribution in [1.82, 2.24) is 10.3 Å². The fraction of sp³-hybridized carbons (Fsp3) is 0.368. The van der Waals surface area contributed by atoms with Gasteiger partial charge in [-0.05, 0) is 30.5 Å². The van der Waals surface area contributed by atoms with Gasteiger partial charge in [0.2, 0.25) is 5.91 Å². The van der Waals surface area contributed by atoms with Crippen molar-refractivity contribution in [2.24, 2.45) is 5.92 Å². The summed E-state index contributed by atoms with van der Waals surface area (Å²) >= 11 is 0. The molecule has 0 radical (unpaired) electrons. The molecule has 1 saturated carbocycles. The van der Waals surface area contributed by atoms with E-state index in [1.165, 1.54) is 18.4 Å². The van der Waals surface area contributed by atoms with Gasteiger partial charge in [0.1, 0.15) is 0 Å². The van der Waals surface area contributed by atoms with E-state index in [9.17, 15) is 4.79 Å². The van der Waals surface area contributed by atoms with Crippen LogP contribution in [0.1, 0.15) is 42.9 Å². The van der Waals surface area contributed by atoms with Crippen LogP contribution < -0.4 is 5.32 Å². The third-order valence-corrected chi connectivity index (χ3v) is 4.45. The van der Waals surface area contributed by atoms with Crippen LogP contribution in [0.4, 0.5) is 0 Å². The van der Waals surface area contributed by atoms with Gasteiger partial charge in [-0.1, -0.05) is 49.2 Å². The minimum Gasteiger partial charge on any atom is -0.355 e. The molecule has 114 valence electrons. The van der Waals surface area contributed by atoms with Crippen LogP contribution >= 0.6 is 0 Å². The van der Waals surface area contributed by atoms with Crippen molar-refractivity contribution >= 4 is 5.91 Å². The Kier molecular flexibility index (Phi) is 4.84. The molecule has 3 nitrogen and oxygen atoms in total. The summed E-state index contributed by atoms with van der Waals surface area (Å²) < 4.78 is 0. The van der Waals surface area contributed by atoms with E-state index >= 15 is 0 Å². The van der Waals surface area contributed by atoms with Crippen molar-refractivity contribution in [3.63, 3.8) is 0 Å². The number of amides is 1. The normalized spacial score (nSPS) is 16.4. The lowest BCUT2D eigenvalue weighted by Gasteiger charge is -2.19. The largest absolute Gasteiger partial charge is 0.355 e. The maximum atomic E-state index is 12.3. The molecule has 0 bridgehead atoms. The monoisotopic (exact) mass is 294 g/mol. The Labute approximate surface area is 131 Å². The maximum absolute atomic E-state index is 12.3. The van der Waals surface area contributed by atoms with Gasteiger partial charge in [-0.15, -0.1) is 0 Å². The molecule has 22 heavy (non-hydrogen) atoms. The molecule has 1 amide bonds. The molecule has 0 spiro atoms. The summed E-state index contributed by atoms with van der Waals surface area (Å²) in [6.07, 6.45) is 6.24. The molecule has 2 aromatic rings. The number of hydrogen-bond donors (Lipinski definition) is 1. The van der Waals surface area contributed by atoms with Crippen LogP contribution in [0.15, 0.2) is 54.7 Å². The number of nitrogens with one attached hydrogen (secondary N) is 1. The van der Waals surface area contributed by atoms with Crippen molar-refractivity contribution in [1.29, 1.82) is 0 Å². The smallest absolute Gasteiger partial charge is 0.223 e. The molecule has 1 atom stereocenters. The third kappa shape index (κ3) is 3.53. The van der Waals surface area contributed by atoms with Gasteiger partial charge in [0.25, 0.3) is 0 Å². The Morgan fingerprint density at radius 2 is 1.82 bits per heavy atom. The van der Waals surface area contributed by atoms with Crippen LogP contribution in [0.2, 0.25) is 0 Å². The minimum atomic E-state index is 0.104. The molecule has 0 aliphatic heterocycles. The Morgan fingerprint density at radius 1 is 1.09 bits per heavy atom. The number of nitrogens with zero attached hydrogens (tertiary/aromatic N) is 1. The van der Waals surface area contributed by atoms with Gasteiger partial charge < -0.3 is 5.32 Å². The number of aromatic nitrogens is 1. The highest BCUT2D eigenvalue weighted by Crippen LogP contribution is 2.26. The zero-order valence-electron chi connectivity index (χ0n) is 12.7. The van der Waals surface area contributed by atoms with E-state index < -0.39 is 0 Å². The Bertz CT molecular complexity index is 552. The van der Waals surface area contributed by atoms with Gasteiger partial charge in [-0.25, -0.2) is 0 Å². The van der Waals surface area contributed by atoms with Crippen LogP contribution in [0.25, 0.3) is 0 Å². The average molecular weight is 294 g/mol. The van der Waals surface area contributed by atoms with Crippen LogP contribution in [0.3, 0.4) is 0 Å².